The molecule has 0 aliphatic carbocycles. The molecule has 0 fully saturated rings. The molecular formula is C15H19NO5. The van der Waals surface area contributed by atoms with E-state index in [9.17, 15) is 14.4 Å². The molecule has 0 aromatic heterocycles. The number of nitrogens with one attached hydrogen (secondary N) is 1. The molecule has 0 saturated carbocycles. The summed E-state index contributed by atoms with van der Waals surface area (Å²) in [6.07, 6.45) is -0.148. The summed E-state index contributed by atoms with van der Waals surface area (Å²) in [5, 5.41) is 2.43. The van der Waals surface area contributed by atoms with Crippen LogP contribution in [-0.4, -0.2) is 37.4 Å². The molecule has 0 unspecified atom stereocenters. The molecule has 0 saturated heterocycles. The van der Waals surface area contributed by atoms with Gasteiger partial charge in [-0.25, -0.2) is 4.79 Å². The highest BCUT2D eigenvalue weighted by Crippen LogP contribution is 2.13. The third kappa shape index (κ3) is 5.25. The van der Waals surface area contributed by atoms with Crippen LogP contribution in [0.4, 0.5) is 0 Å². The molecule has 21 heavy (non-hydrogen) atoms. The molecular weight excluding hydrogens is 274 g/mol. The second-order valence-electron chi connectivity index (χ2n) is 4.36. The zero-order chi connectivity index (χ0) is 15.8. The van der Waals surface area contributed by atoms with Crippen LogP contribution in [-0.2, 0) is 14.3 Å². The summed E-state index contributed by atoms with van der Waals surface area (Å²) in [6, 6.07) is 5.56. The Kier molecular flexibility index (Phi) is 6.39. The van der Waals surface area contributed by atoms with E-state index in [0.29, 0.717) is 11.3 Å². The van der Waals surface area contributed by atoms with Gasteiger partial charge >= 0.3 is 5.97 Å². The second kappa shape index (κ2) is 8.04. The quantitative estimate of drug-likeness (QED) is 0.606. The molecule has 0 aliphatic rings. The highest BCUT2D eigenvalue weighted by molar-refractivity contribution is 5.99. The summed E-state index contributed by atoms with van der Waals surface area (Å²) in [6.45, 7) is 3.13. The number of esters is 1. The highest BCUT2D eigenvalue weighted by atomic mass is 16.5. The normalized spacial score (nSPS) is 11.4. The van der Waals surface area contributed by atoms with Crippen LogP contribution in [0.5, 0.6) is 5.75 Å². The molecule has 0 heterocycles. The summed E-state index contributed by atoms with van der Waals surface area (Å²) in [5.74, 6) is -0.634. The molecule has 1 atom stereocenters. The lowest BCUT2D eigenvalue weighted by atomic mass is 10.0. The van der Waals surface area contributed by atoms with Crippen molar-refractivity contribution in [2.24, 2.45) is 0 Å². The van der Waals surface area contributed by atoms with Crippen molar-refractivity contribution in [1.82, 2.24) is 5.32 Å². The lowest BCUT2D eigenvalue weighted by Crippen LogP contribution is -2.42. The Labute approximate surface area is 123 Å². The van der Waals surface area contributed by atoms with E-state index < -0.39 is 17.9 Å². The Balaban J connectivity index is 2.78. The number of carbonyl (C=O) groups is 3. The first-order chi connectivity index (χ1) is 9.97. The number of ketones is 1. The summed E-state index contributed by atoms with van der Waals surface area (Å²) in [4.78, 5) is 35.0. The molecule has 1 aromatic rings. The van der Waals surface area contributed by atoms with Crippen molar-refractivity contribution in [2.45, 2.75) is 26.3 Å². The fourth-order valence-electron chi connectivity index (χ4n) is 1.76. The number of hydrogen-bond acceptors (Lipinski definition) is 5. The Morgan fingerprint density at radius 1 is 1.19 bits per heavy atom. The van der Waals surface area contributed by atoms with Gasteiger partial charge in [-0.1, -0.05) is 0 Å². The predicted molar refractivity (Wildman–Crippen MR) is 76.2 cm³/mol. The molecule has 114 valence electrons. The van der Waals surface area contributed by atoms with E-state index in [0.717, 1.165) is 0 Å². The largest absolute Gasteiger partial charge is 0.497 e. The van der Waals surface area contributed by atoms with E-state index in [-0.39, 0.29) is 18.8 Å². The van der Waals surface area contributed by atoms with Gasteiger partial charge in [0, 0.05) is 18.9 Å². The van der Waals surface area contributed by atoms with E-state index in [2.05, 4.69) is 5.32 Å². The van der Waals surface area contributed by atoms with Gasteiger partial charge in [-0.05, 0) is 31.2 Å². The number of rotatable bonds is 7. The van der Waals surface area contributed by atoms with Crippen LogP contribution in [0.2, 0.25) is 0 Å². The Bertz CT molecular complexity index is 509. The van der Waals surface area contributed by atoms with Gasteiger partial charge in [-0.15, -0.1) is 0 Å². The summed E-state index contributed by atoms with van der Waals surface area (Å²) in [7, 11) is 1.53. The van der Waals surface area contributed by atoms with E-state index >= 15 is 0 Å². The molecule has 0 bridgehead atoms. The van der Waals surface area contributed by atoms with Crippen LogP contribution in [0.25, 0.3) is 0 Å². The molecule has 1 aromatic carbocycles. The number of benzene rings is 1. The van der Waals surface area contributed by atoms with Crippen LogP contribution in [0.3, 0.4) is 0 Å². The minimum Gasteiger partial charge on any atom is -0.497 e. The van der Waals surface area contributed by atoms with Crippen molar-refractivity contribution in [3.63, 3.8) is 0 Å². The highest BCUT2D eigenvalue weighted by Gasteiger charge is 2.24. The molecule has 0 spiro atoms. The first-order valence-electron chi connectivity index (χ1n) is 6.59. The number of ether oxygens (including phenoxy) is 2. The zero-order valence-electron chi connectivity index (χ0n) is 12.3. The van der Waals surface area contributed by atoms with Crippen LogP contribution < -0.4 is 10.1 Å². The number of hydrogen-bond donors (Lipinski definition) is 1. The van der Waals surface area contributed by atoms with Crippen LogP contribution >= 0.6 is 0 Å². The SMILES string of the molecule is CCOC(=O)[C@@H](CC(=O)c1ccc(OC)cc1)NC(C)=O. The molecule has 0 aliphatic heterocycles. The van der Waals surface area contributed by atoms with Gasteiger partial charge in [0.15, 0.2) is 5.78 Å². The molecule has 6 heteroatoms. The Morgan fingerprint density at radius 3 is 2.29 bits per heavy atom. The third-order valence-electron chi connectivity index (χ3n) is 2.75. The van der Waals surface area contributed by atoms with Crippen molar-refractivity contribution in [2.75, 3.05) is 13.7 Å². The van der Waals surface area contributed by atoms with Gasteiger partial charge in [0.1, 0.15) is 11.8 Å². The van der Waals surface area contributed by atoms with Gasteiger partial charge in [-0.2, -0.15) is 0 Å². The van der Waals surface area contributed by atoms with Crippen molar-refractivity contribution in [3.8, 4) is 5.75 Å². The van der Waals surface area contributed by atoms with Crippen molar-refractivity contribution < 1.29 is 23.9 Å². The van der Waals surface area contributed by atoms with Gasteiger partial charge in [0.05, 0.1) is 13.7 Å². The van der Waals surface area contributed by atoms with Gasteiger partial charge in [0.25, 0.3) is 0 Å². The lowest BCUT2D eigenvalue weighted by molar-refractivity contribution is -0.147. The van der Waals surface area contributed by atoms with E-state index in [1.807, 2.05) is 0 Å². The topological polar surface area (TPSA) is 81.7 Å². The van der Waals surface area contributed by atoms with Crippen LogP contribution in [0.1, 0.15) is 30.6 Å². The summed E-state index contributed by atoms with van der Waals surface area (Å²) < 4.78 is 9.86. The van der Waals surface area contributed by atoms with Crippen molar-refractivity contribution in [1.29, 1.82) is 0 Å². The average Bonchev–Trinajstić information content (AvgIpc) is 2.46. The smallest absolute Gasteiger partial charge is 0.329 e. The molecule has 0 radical (unpaired) electrons. The van der Waals surface area contributed by atoms with Gasteiger partial charge in [0.2, 0.25) is 5.91 Å². The minimum absolute atomic E-state index is 0.148. The lowest BCUT2D eigenvalue weighted by Gasteiger charge is -2.15. The summed E-state index contributed by atoms with van der Waals surface area (Å²) >= 11 is 0. The zero-order valence-corrected chi connectivity index (χ0v) is 12.3. The Morgan fingerprint density at radius 2 is 1.81 bits per heavy atom. The van der Waals surface area contributed by atoms with E-state index in [4.69, 9.17) is 9.47 Å². The fourth-order valence-corrected chi connectivity index (χ4v) is 1.76. The number of methoxy groups -OCH3 is 1. The molecule has 6 nitrogen and oxygen atoms in total. The molecule has 1 amide bonds. The maximum atomic E-state index is 12.1. The third-order valence-corrected chi connectivity index (χ3v) is 2.75. The van der Waals surface area contributed by atoms with E-state index in [1.54, 1.807) is 31.2 Å². The second-order valence-corrected chi connectivity index (χ2v) is 4.36. The summed E-state index contributed by atoms with van der Waals surface area (Å²) in [5.41, 5.74) is 0.440. The number of carbonyl (C=O) groups excluding carboxylic acids is 3. The monoisotopic (exact) mass is 293 g/mol. The number of Topliss-reactive ketones (excluding diaryl/α,β-unsaturated/α-hetero) is 1. The van der Waals surface area contributed by atoms with Crippen molar-refractivity contribution in [3.05, 3.63) is 29.8 Å². The maximum Gasteiger partial charge on any atom is 0.329 e. The fraction of sp³-hybridized carbons (Fsp3) is 0.400. The standard InChI is InChI=1S/C15H19NO5/c1-4-21-15(19)13(16-10(2)17)9-14(18)11-5-7-12(20-3)8-6-11/h5-8,13H,4,9H2,1-3H3,(H,16,17)/t13-/m1/s1. The van der Waals surface area contributed by atoms with Crippen molar-refractivity contribution >= 4 is 17.7 Å². The predicted octanol–water partition coefficient (Wildman–Crippen LogP) is 1.34. The molecule has 1 N–H and O–H groups in total. The van der Waals surface area contributed by atoms with Gasteiger partial charge in [-0.3, -0.25) is 9.59 Å². The van der Waals surface area contributed by atoms with E-state index in [1.165, 1.54) is 14.0 Å². The first kappa shape index (κ1) is 16.7. The maximum absolute atomic E-state index is 12.1. The van der Waals surface area contributed by atoms with Crippen LogP contribution in [0, 0.1) is 0 Å². The van der Waals surface area contributed by atoms with Gasteiger partial charge < -0.3 is 14.8 Å². The number of amides is 1. The van der Waals surface area contributed by atoms with Crippen LogP contribution in [0.15, 0.2) is 24.3 Å². The average molecular weight is 293 g/mol. The first-order valence-corrected chi connectivity index (χ1v) is 6.59. The minimum atomic E-state index is -0.975. The molecule has 1 rings (SSSR count). The Hall–Kier alpha value is -2.37.